The molecule has 2 heterocycles. The van der Waals surface area contributed by atoms with Gasteiger partial charge in [0.25, 0.3) is 0 Å². The molecule has 18 heavy (non-hydrogen) atoms. The number of rotatable bonds is 3. The average molecular weight is 251 g/mol. The minimum Gasteiger partial charge on any atom is -0.465 e. The lowest BCUT2D eigenvalue weighted by Gasteiger charge is -2.32. The quantitative estimate of drug-likeness (QED) is 0.724. The van der Waals surface area contributed by atoms with E-state index in [1.165, 1.54) is 0 Å². The van der Waals surface area contributed by atoms with Gasteiger partial charge in [-0.25, -0.2) is 14.8 Å². The van der Waals surface area contributed by atoms with Crippen molar-refractivity contribution in [2.24, 2.45) is 5.92 Å². The second kappa shape index (κ2) is 5.52. The fraction of sp³-hybridized carbons (Fsp3) is 0.545. The molecule has 1 fully saturated rings. The summed E-state index contributed by atoms with van der Waals surface area (Å²) in [5, 5.41) is 11.0. The van der Waals surface area contributed by atoms with Crippen molar-refractivity contribution in [2.45, 2.75) is 12.8 Å². The predicted molar refractivity (Wildman–Crippen MR) is 67.4 cm³/mol. The number of aromatic nitrogens is 2. The number of carboxylic acid groups (broad SMARTS) is 1. The molecule has 1 aromatic rings. The molecule has 1 aliphatic heterocycles. The maximum absolute atomic E-state index is 10.4. The van der Waals surface area contributed by atoms with Crippen molar-refractivity contribution >= 4 is 17.7 Å². The molecule has 0 unspecified atom stereocenters. The van der Waals surface area contributed by atoms with Gasteiger partial charge in [-0.2, -0.15) is 0 Å². The smallest absolute Gasteiger partial charge is 0.404 e. The van der Waals surface area contributed by atoms with Crippen molar-refractivity contribution in [2.75, 3.05) is 30.3 Å². The van der Waals surface area contributed by atoms with E-state index >= 15 is 0 Å². The summed E-state index contributed by atoms with van der Waals surface area (Å²) in [5.74, 6) is 1.65. The number of nitrogen functional groups attached to an aromatic ring is 1. The zero-order chi connectivity index (χ0) is 13.0. The van der Waals surface area contributed by atoms with Crippen molar-refractivity contribution in [1.82, 2.24) is 15.3 Å². The molecule has 0 atom stereocenters. The van der Waals surface area contributed by atoms with Crippen LogP contribution in [0.3, 0.4) is 0 Å². The predicted octanol–water partition coefficient (Wildman–Crippen LogP) is 0.543. The Morgan fingerprint density at radius 2 is 2.17 bits per heavy atom. The summed E-state index contributed by atoms with van der Waals surface area (Å²) in [4.78, 5) is 20.8. The number of anilines is 2. The van der Waals surface area contributed by atoms with Crippen LogP contribution in [0.25, 0.3) is 0 Å². The maximum atomic E-state index is 10.4. The Morgan fingerprint density at radius 3 is 2.72 bits per heavy atom. The van der Waals surface area contributed by atoms with E-state index in [4.69, 9.17) is 10.8 Å². The molecule has 0 saturated carbocycles. The first kappa shape index (κ1) is 12.4. The monoisotopic (exact) mass is 251 g/mol. The first-order valence-electron chi connectivity index (χ1n) is 5.94. The van der Waals surface area contributed by atoms with Gasteiger partial charge in [-0.05, 0) is 18.8 Å². The van der Waals surface area contributed by atoms with E-state index in [0.717, 1.165) is 31.7 Å². The van der Waals surface area contributed by atoms with E-state index in [9.17, 15) is 4.79 Å². The molecule has 4 N–H and O–H groups in total. The average Bonchev–Trinajstić information content (AvgIpc) is 2.38. The molecule has 1 aliphatic rings. The van der Waals surface area contributed by atoms with Gasteiger partial charge >= 0.3 is 6.09 Å². The molecule has 98 valence electrons. The fourth-order valence-corrected chi connectivity index (χ4v) is 2.09. The van der Waals surface area contributed by atoms with Crippen LogP contribution in [-0.2, 0) is 0 Å². The number of nitrogens with two attached hydrogens (primary N) is 1. The van der Waals surface area contributed by atoms with Gasteiger partial charge in [-0.15, -0.1) is 0 Å². The zero-order valence-corrected chi connectivity index (χ0v) is 10.0. The number of hydrogen-bond acceptors (Lipinski definition) is 5. The molecule has 0 radical (unpaired) electrons. The van der Waals surface area contributed by atoms with Crippen LogP contribution in [-0.4, -0.2) is 40.8 Å². The number of nitrogens with one attached hydrogen (secondary N) is 1. The van der Waals surface area contributed by atoms with Gasteiger partial charge in [-0.1, -0.05) is 0 Å². The van der Waals surface area contributed by atoms with E-state index in [2.05, 4.69) is 20.2 Å². The molecule has 1 amide bonds. The molecule has 0 spiro atoms. The van der Waals surface area contributed by atoms with Crippen LogP contribution in [0.4, 0.5) is 16.4 Å². The van der Waals surface area contributed by atoms with Crippen LogP contribution in [0.5, 0.6) is 0 Å². The van der Waals surface area contributed by atoms with Gasteiger partial charge in [0.05, 0.1) is 12.4 Å². The molecule has 1 aromatic heterocycles. The highest BCUT2D eigenvalue weighted by Gasteiger charge is 2.20. The lowest BCUT2D eigenvalue weighted by Crippen LogP contribution is -2.38. The summed E-state index contributed by atoms with van der Waals surface area (Å²) < 4.78 is 0. The van der Waals surface area contributed by atoms with E-state index in [1.807, 2.05) is 0 Å². The minimum atomic E-state index is -0.957. The minimum absolute atomic E-state index is 0.402. The highest BCUT2D eigenvalue weighted by Crippen LogP contribution is 2.20. The summed E-state index contributed by atoms with van der Waals surface area (Å²) in [6.45, 7) is 2.26. The second-order valence-electron chi connectivity index (χ2n) is 4.42. The van der Waals surface area contributed by atoms with Gasteiger partial charge in [0.15, 0.2) is 0 Å². The summed E-state index contributed by atoms with van der Waals surface area (Å²) >= 11 is 0. The van der Waals surface area contributed by atoms with Crippen LogP contribution < -0.4 is 16.0 Å². The van der Waals surface area contributed by atoms with E-state index < -0.39 is 6.09 Å². The van der Waals surface area contributed by atoms with Crippen molar-refractivity contribution in [3.8, 4) is 0 Å². The van der Waals surface area contributed by atoms with E-state index in [1.54, 1.807) is 12.4 Å². The van der Waals surface area contributed by atoms with Crippen LogP contribution in [0, 0.1) is 5.92 Å². The van der Waals surface area contributed by atoms with Crippen LogP contribution in [0.1, 0.15) is 12.8 Å². The zero-order valence-electron chi connectivity index (χ0n) is 10.0. The van der Waals surface area contributed by atoms with Crippen molar-refractivity contribution in [3.05, 3.63) is 12.4 Å². The van der Waals surface area contributed by atoms with Gasteiger partial charge < -0.3 is 21.1 Å². The fourth-order valence-electron chi connectivity index (χ4n) is 2.09. The topological polar surface area (TPSA) is 104 Å². The molecule has 7 heteroatoms. The van der Waals surface area contributed by atoms with Gasteiger partial charge in [0, 0.05) is 19.6 Å². The molecule has 7 nitrogen and oxygen atoms in total. The Kier molecular flexibility index (Phi) is 3.81. The van der Waals surface area contributed by atoms with Gasteiger partial charge in [0.2, 0.25) is 0 Å². The SMILES string of the molecule is Nc1cnc(N2CCC(CNC(=O)O)CC2)cn1. The maximum Gasteiger partial charge on any atom is 0.404 e. The third-order valence-electron chi connectivity index (χ3n) is 3.14. The Labute approximate surface area is 105 Å². The third kappa shape index (κ3) is 3.22. The molecule has 0 aliphatic carbocycles. The van der Waals surface area contributed by atoms with Gasteiger partial charge in [0.1, 0.15) is 11.6 Å². The summed E-state index contributed by atoms with van der Waals surface area (Å²) in [6, 6.07) is 0. The van der Waals surface area contributed by atoms with Crippen LogP contribution >= 0.6 is 0 Å². The first-order chi connectivity index (χ1) is 8.65. The normalized spacial score (nSPS) is 16.6. The molecule has 0 bridgehead atoms. The van der Waals surface area contributed by atoms with Gasteiger partial charge in [-0.3, -0.25) is 0 Å². The summed E-state index contributed by atoms with van der Waals surface area (Å²) in [7, 11) is 0. The first-order valence-corrected chi connectivity index (χ1v) is 5.94. The number of amides is 1. The second-order valence-corrected chi connectivity index (χ2v) is 4.42. The Hall–Kier alpha value is -2.05. The highest BCUT2D eigenvalue weighted by molar-refractivity contribution is 5.64. The Morgan fingerprint density at radius 1 is 1.44 bits per heavy atom. The van der Waals surface area contributed by atoms with Crippen molar-refractivity contribution in [3.63, 3.8) is 0 Å². The molecule has 1 saturated heterocycles. The largest absolute Gasteiger partial charge is 0.465 e. The standard InChI is InChI=1S/C11H17N5O2/c12-9-6-14-10(7-13-9)16-3-1-8(2-4-16)5-15-11(17)18/h6-8,15H,1-5H2,(H2,12,13)(H,17,18). The Bertz CT molecular complexity index is 400. The van der Waals surface area contributed by atoms with E-state index in [-0.39, 0.29) is 0 Å². The molecule has 2 rings (SSSR count). The highest BCUT2D eigenvalue weighted by atomic mass is 16.4. The number of piperidine rings is 1. The van der Waals surface area contributed by atoms with Crippen LogP contribution in [0.15, 0.2) is 12.4 Å². The lowest BCUT2D eigenvalue weighted by atomic mass is 9.97. The van der Waals surface area contributed by atoms with Crippen molar-refractivity contribution < 1.29 is 9.90 Å². The summed E-state index contributed by atoms with van der Waals surface area (Å²) in [5.41, 5.74) is 5.49. The number of hydrogen-bond donors (Lipinski definition) is 3. The molecular formula is C11H17N5O2. The molecular weight excluding hydrogens is 234 g/mol. The number of carbonyl (C=O) groups is 1. The van der Waals surface area contributed by atoms with E-state index in [0.29, 0.717) is 18.3 Å². The third-order valence-corrected chi connectivity index (χ3v) is 3.14. The summed E-state index contributed by atoms with van der Waals surface area (Å²) in [6.07, 6.45) is 4.17. The lowest BCUT2D eigenvalue weighted by molar-refractivity contribution is 0.191. The Balaban J connectivity index is 1.83. The number of nitrogens with zero attached hydrogens (tertiary/aromatic N) is 3. The molecule has 0 aromatic carbocycles. The van der Waals surface area contributed by atoms with Crippen molar-refractivity contribution in [1.29, 1.82) is 0 Å². The van der Waals surface area contributed by atoms with Crippen LogP contribution in [0.2, 0.25) is 0 Å².